The average Bonchev–Trinajstić information content (AvgIpc) is 3.08. The molecular weight excluding hydrogens is 319 g/mol. The van der Waals surface area contributed by atoms with Gasteiger partial charge in [0.15, 0.2) is 5.76 Å². The maximum atomic E-state index is 13.4. The quantitative estimate of drug-likeness (QED) is 0.574. The summed E-state index contributed by atoms with van der Waals surface area (Å²) in [4.78, 5) is 23.7. The number of hydrogen-bond donors (Lipinski definition) is 2. The molecule has 0 unspecified atom stereocenters. The van der Waals surface area contributed by atoms with Crippen LogP contribution in [0, 0.1) is 5.82 Å². The van der Waals surface area contributed by atoms with Crippen molar-refractivity contribution in [3.8, 4) is 0 Å². The maximum Gasteiger partial charge on any atom is 0.287 e. The van der Waals surface area contributed by atoms with Gasteiger partial charge < -0.3 is 15.1 Å². The van der Waals surface area contributed by atoms with Crippen molar-refractivity contribution in [3.05, 3.63) is 54.2 Å². The van der Waals surface area contributed by atoms with Crippen molar-refractivity contribution in [1.29, 1.82) is 0 Å². The minimum atomic E-state index is -0.320. The van der Waals surface area contributed by atoms with E-state index in [9.17, 15) is 14.0 Å². The van der Waals surface area contributed by atoms with Crippen LogP contribution in [0.1, 0.15) is 17.0 Å². The van der Waals surface area contributed by atoms with Crippen LogP contribution >= 0.6 is 11.8 Å². The van der Waals surface area contributed by atoms with E-state index in [2.05, 4.69) is 10.6 Å². The molecule has 0 aliphatic heterocycles. The molecule has 5 nitrogen and oxygen atoms in total. The first-order valence-corrected chi connectivity index (χ1v) is 8.11. The Morgan fingerprint density at radius 3 is 2.61 bits per heavy atom. The highest BCUT2D eigenvalue weighted by Gasteiger charge is 2.08. The van der Waals surface area contributed by atoms with Gasteiger partial charge in [0, 0.05) is 30.2 Å². The van der Waals surface area contributed by atoms with Crippen molar-refractivity contribution < 1.29 is 18.4 Å². The summed E-state index contributed by atoms with van der Waals surface area (Å²) < 4.78 is 18.3. The maximum absolute atomic E-state index is 13.4. The number of thioether (sulfide) groups is 1. The topological polar surface area (TPSA) is 71.3 Å². The predicted octanol–water partition coefficient (Wildman–Crippen LogP) is 2.45. The largest absolute Gasteiger partial charge is 0.459 e. The summed E-state index contributed by atoms with van der Waals surface area (Å²) in [7, 11) is 0. The molecule has 1 aromatic carbocycles. The molecule has 0 atom stereocenters. The lowest BCUT2D eigenvalue weighted by Crippen LogP contribution is -2.34. The van der Waals surface area contributed by atoms with Crippen LogP contribution in [0.25, 0.3) is 0 Å². The van der Waals surface area contributed by atoms with Crippen molar-refractivity contribution in [1.82, 2.24) is 10.6 Å². The van der Waals surface area contributed by atoms with E-state index in [4.69, 9.17) is 4.42 Å². The average molecular weight is 336 g/mol. The van der Waals surface area contributed by atoms with E-state index in [1.807, 2.05) is 0 Å². The molecule has 7 heteroatoms. The Morgan fingerprint density at radius 2 is 1.87 bits per heavy atom. The number of nitrogens with one attached hydrogen (secondary N) is 2. The van der Waals surface area contributed by atoms with Gasteiger partial charge in [0.2, 0.25) is 5.91 Å². The van der Waals surface area contributed by atoms with E-state index in [1.54, 1.807) is 30.3 Å². The van der Waals surface area contributed by atoms with Crippen molar-refractivity contribution in [2.45, 2.75) is 11.3 Å². The van der Waals surface area contributed by atoms with Crippen LogP contribution in [0.15, 0.2) is 52.0 Å². The van der Waals surface area contributed by atoms with Crippen LogP contribution in [-0.4, -0.2) is 30.7 Å². The molecule has 2 aromatic rings. The molecule has 23 heavy (non-hydrogen) atoms. The van der Waals surface area contributed by atoms with Crippen molar-refractivity contribution in [2.24, 2.45) is 0 Å². The summed E-state index contributed by atoms with van der Waals surface area (Å²) in [5.74, 6) is -0.0116. The second-order valence-corrected chi connectivity index (χ2v) is 5.75. The highest BCUT2D eigenvalue weighted by atomic mass is 32.2. The van der Waals surface area contributed by atoms with Gasteiger partial charge in [-0.2, -0.15) is 0 Å². The normalized spacial score (nSPS) is 10.3. The van der Waals surface area contributed by atoms with E-state index >= 15 is 0 Å². The van der Waals surface area contributed by atoms with Gasteiger partial charge in [0.05, 0.1) is 6.26 Å². The summed E-state index contributed by atoms with van der Waals surface area (Å²) >= 11 is 1.30. The Kier molecular flexibility index (Phi) is 6.68. The van der Waals surface area contributed by atoms with Gasteiger partial charge in [0.1, 0.15) is 5.82 Å². The molecule has 0 fully saturated rings. The molecule has 1 aromatic heterocycles. The minimum absolute atomic E-state index is 0.138. The summed E-state index contributed by atoms with van der Waals surface area (Å²) in [6, 6.07) is 9.65. The summed E-state index contributed by atoms with van der Waals surface area (Å²) in [5, 5.41) is 5.32. The Balaban J connectivity index is 1.57. The van der Waals surface area contributed by atoms with E-state index in [0.717, 1.165) is 0 Å². The second-order valence-electron chi connectivity index (χ2n) is 4.61. The molecule has 0 bridgehead atoms. The zero-order valence-electron chi connectivity index (χ0n) is 12.4. The van der Waals surface area contributed by atoms with Gasteiger partial charge in [-0.15, -0.1) is 11.8 Å². The van der Waals surface area contributed by atoms with Gasteiger partial charge in [-0.1, -0.05) is 12.1 Å². The summed E-state index contributed by atoms with van der Waals surface area (Å²) in [6.45, 7) is 0.640. The number of carbonyl (C=O) groups is 2. The van der Waals surface area contributed by atoms with Crippen LogP contribution in [0.3, 0.4) is 0 Å². The molecule has 0 aliphatic rings. The number of benzene rings is 1. The van der Waals surface area contributed by atoms with E-state index in [1.165, 1.54) is 24.1 Å². The molecule has 0 aliphatic carbocycles. The number of rotatable bonds is 8. The van der Waals surface area contributed by atoms with E-state index in [-0.39, 0.29) is 29.8 Å². The number of halogens is 1. The van der Waals surface area contributed by atoms with Crippen LogP contribution in [0.5, 0.6) is 0 Å². The third-order valence-electron chi connectivity index (χ3n) is 2.90. The number of carbonyl (C=O) groups excluding carboxylic acids is 2. The third-order valence-corrected chi connectivity index (χ3v) is 3.95. The fourth-order valence-electron chi connectivity index (χ4n) is 1.78. The molecule has 2 rings (SSSR count). The van der Waals surface area contributed by atoms with Crippen LogP contribution < -0.4 is 10.6 Å². The van der Waals surface area contributed by atoms with E-state index < -0.39 is 0 Å². The molecular formula is C16H17FN2O3S. The van der Waals surface area contributed by atoms with Gasteiger partial charge in [0.25, 0.3) is 5.91 Å². The molecule has 0 saturated carbocycles. The number of amides is 2. The van der Waals surface area contributed by atoms with Gasteiger partial charge in [-0.25, -0.2) is 4.39 Å². The van der Waals surface area contributed by atoms with Crippen LogP contribution in [0.4, 0.5) is 4.39 Å². The first-order valence-electron chi connectivity index (χ1n) is 7.12. The SMILES string of the molecule is O=C(CCSc1ccccc1F)NCCNC(=O)c1ccco1. The van der Waals surface area contributed by atoms with Crippen molar-refractivity contribution in [3.63, 3.8) is 0 Å². The van der Waals surface area contributed by atoms with Crippen LogP contribution in [-0.2, 0) is 4.79 Å². The highest BCUT2D eigenvalue weighted by molar-refractivity contribution is 7.99. The smallest absolute Gasteiger partial charge is 0.287 e. The van der Waals surface area contributed by atoms with Crippen molar-refractivity contribution >= 4 is 23.6 Å². The molecule has 0 radical (unpaired) electrons. The Bertz CT molecular complexity index is 647. The van der Waals surface area contributed by atoms with Crippen LogP contribution in [0.2, 0.25) is 0 Å². The Hall–Kier alpha value is -2.28. The monoisotopic (exact) mass is 336 g/mol. The zero-order chi connectivity index (χ0) is 16.5. The second kappa shape index (κ2) is 8.99. The lowest BCUT2D eigenvalue weighted by molar-refractivity contribution is -0.120. The fourth-order valence-corrected chi connectivity index (χ4v) is 2.66. The third kappa shape index (κ3) is 5.78. The zero-order valence-corrected chi connectivity index (χ0v) is 13.2. The standard InChI is InChI=1S/C16H17FN2O3S/c17-12-4-1-2-6-14(12)23-11-7-15(20)18-8-9-19-16(21)13-5-3-10-22-13/h1-6,10H,7-9,11H2,(H,18,20)(H,19,21). The Morgan fingerprint density at radius 1 is 1.09 bits per heavy atom. The van der Waals surface area contributed by atoms with Crippen molar-refractivity contribution in [2.75, 3.05) is 18.8 Å². The predicted molar refractivity (Wildman–Crippen MR) is 85.8 cm³/mol. The summed E-state index contributed by atoms with van der Waals surface area (Å²) in [5.41, 5.74) is 0. The molecule has 0 saturated heterocycles. The molecule has 1 heterocycles. The first-order chi connectivity index (χ1) is 11.2. The van der Waals surface area contributed by atoms with Gasteiger partial charge in [-0.3, -0.25) is 9.59 Å². The lowest BCUT2D eigenvalue weighted by Gasteiger charge is -2.06. The first kappa shape index (κ1) is 17.1. The molecule has 0 spiro atoms. The summed E-state index contributed by atoms with van der Waals surface area (Å²) in [6.07, 6.45) is 1.70. The number of hydrogen-bond acceptors (Lipinski definition) is 4. The highest BCUT2D eigenvalue weighted by Crippen LogP contribution is 2.21. The molecule has 2 N–H and O–H groups in total. The fraction of sp³-hybridized carbons (Fsp3) is 0.250. The molecule has 2 amide bonds. The number of furan rings is 1. The minimum Gasteiger partial charge on any atom is -0.459 e. The Labute approximate surface area is 137 Å². The van der Waals surface area contributed by atoms with Gasteiger partial charge in [-0.05, 0) is 24.3 Å². The lowest BCUT2D eigenvalue weighted by atomic mass is 10.3. The van der Waals surface area contributed by atoms with Gasteiger partial charge >= 0.3 is 0 Å². The van der Waals surface area contributed by atoms with E-state index in [0.29, 0.717) is 23.7 Å². The molecule has 122 valence electrons.